The van der Waals surface area contributed by atoms with E-state index < -0.39 is 0 Å². The van der Waals surface area contributed by atoms with Crippen LogP contribution in [0.3, 0.4) is 0 Å². The van der Waals surface area contributed by atoms with Crippen molar-refractivity contribution < 1.29 is 9.53 Å². The molecule has 1 aromatic carbocycles. The minimum atomic E-state index is -0.0293. The van der Waals surface area contributed by atoms with Crippen LogP contribution < -0.4 is 15.0 Å². The number of benzene rings is 1. The number of nitrogens with zero attached hydrogens (tertiary/aromatic N) is 4. The molecule has 0 spiro atoms. The lowest BCUT2D eigenvalue weighted by Gasteiger charge is -2.35. The van der Waals surface area contributed by atoms with Gasteiger partial charge in [0.05, 0.1) is 12.7 Å². The number of carbonyl (C=O) groups excluding carboxylic acids is 1. The highest BCUT2D eigenvalue weighted by molar-refractivity contribution is 5.74. The number of amides is 2. The fourth-order valence-electron chi connectivity index (χ4n) is 3.27. The van der Waals surface area contributed by atoms with E-state index >= 15 is 0 Å². The van der Waals surface area contributed by atoms with E-state index in [1.807, 2.05) is 23.1 Å². The van der Waals surface area contributed by atoms with Crippen LogP contribution in [0.5, 0.6) is 5.75 Å². The summed E-state index contributed by atoms with van der Waals surface area (Å²) in [5.41, 5.74) is 1.21. The van der Waals surface area contributed by atoms with Crippen LogP contribution in [0.1, 0.15) is 5.56 Å². The van der Waals surface area contributed by atoms with Crippen molar-refractivity contribution in [2.75, 3.05) is 37.6 Å². The number of ether oxygens (including phenoxy) is 1. The smallest absolute Gasteiger partial charge is 0.317 e. The van der Waals surface area contributed by atoms with Crippen LogP contribution in [0, 0.1) is 0 Å². The minimum Gasteiger partial charge on any atom is -0.488 e. The van der Waals surface area contributed by atoms with Crippen LogP contribution in [0.25, 0.3) is 0 Å². The van der Waals surface area contributed by atoms with Gasteiger partial charge in [-0.15, -0.1) is 0 Å². The van der Waals surface area contributed by atoms with E-state index in [0.717, 1.165) is 31.1 Å². The number of aromatic nitrogens is 2. The average Bonchev–Trinajstić information content (AvgIpc) is 3.10. The highest BCUT2D eigenvalue weighted by Gasteiger charge is 2.25. The first-order chi connectivity index (χ1) is 12.3. The van der Waals surface area contributed by atoms with Gasteiger partial charge in [-0.3, -0.25) is 4.98 Å². The van der Waals surface area contributed by atoms with Crippen LogP contribution in [0.2, 0.25) is 0 Å². The van der Waals surface area contributed by atoms with Crippen LogP contribution in [-0.4, -0.2) is 59.7 Å². The van der Waals surface area contributed by atoms with Crippen molar-refractivity contribution in [1.82, 2.24) is 20.2 Å². The second-order valence-electron chi connectivity index (χ2n) is 6.28. The number of piperazine rings is 1. The summed E-state index contributed by atoms with van der Waals surface area (Å²) in [7, 11) is 0. The molecule has 2 aliphatic rings. The van der Waals surface area contributed by atoms with Gasteiger partial charge in [0.25, 0.3) is 0 Å². The molecule has 0 aliphatic carbocycles. The Hall–Kier alpha value is -2.83. The molecule has 2 amide bonds. The number of hydrogen-bond acceptors (Lipinski definition) is 5. The first kappa shape index (κ1) is 15.7. The van der Waals surface area contributed by atoms with Crippen LogP contribution in [0.4, 0.5) is 10.6 Å². The largest absolute Gasteiger partial charge is 0.488 e. The van der Waals surface area contributed by atoms with Gasteiger partial charge in [0.15, 0.2) is 0 Å². The third-order valence-electron chi connectivity index (χ3n) is 4.64. The molecule has 25 heavy (non-hydrogen) atoms. The summed E-state index contributed by atoms with van der Waals surface area (Å²) < 4.78 is 5.86. The number of fused-ring (bicyclic) bond motifs is 1. The Bertz CT molecular complexity index is 706. The number of para-hydroxylation sites is 1. The molecular formula is C18H21N5O2. The number of urea groups is 1. The second kappa shape index (κ2) is 6.96. The van der Waals surface area contributed by atoms with E-state index in [4.69, 9.17) is 4.74 Å². The number of carbonyl (C=O) groups is 1. The van der Waals surface area contributed by atoms with Gasteiger partial charge >= 0.3 is 6.03 Å². The van der Waals surface area contributed by atoms with Crippen LogP contribution in [-0.2, 0) is 6.42 Å². The van der Waals surface area contributed by atoms with E-state index in [2.05, 4.69) is 26.3 Å². The zero-order valence-corrected chi connectivity index (χ0v) is 14.0. The Labute approximate surface area is 146 Å². The summed E-state index contributed by atoms with van der Waals surface area (Å²) in [6.45, 7) is 3.40. The molecule has 1 aromatic heterocycles. The maximum atomic E-state index is 12.4. The Morgan fingerprint density at radius 2 is 2.04 bits per heavy atom. The van der Waals surface area contributed by atoms with E-state index in [1.54, 1.807) is 18.6 Å². The predicted molar refractivity (Wildman–Crippen MR) is 93.8 cm³/mol. The first-order valence-electron chi connectivity index (χ1n) is 8.58. The van der Waals surface area contributed by atoms with Crippen molar-refractivity contribution in [3.63, 3.8) is 0 Å². The quantitative estimate of drug-likeness (QED) is 0.913. The van der Waals surface area contributed by atoms with Crippen molar-refractivity contribution in [1.29, 1.82) is 0 Å². The van der Waals surface area contributed by atoms with Gasteiger partial charge < -0.3 is 19.9 Å². The molecule has 0 saturated carbocycles. The van der Waals surface area contributed by atoms with Gasteiger partial charge in [0.2, 0.25) is 0 Å². The van der Waals surface area contributed by atoms with E-state index in [0.29, 0.717) is 19.6 Å². The van der Waals surface area contributed by atoms with Gasteiger partial charge in [-0.05, 0) is 11.6 Å². The van der Waals surface area contributed by atoms with Gasteiger partial charge in [0.1, 0.15) is 17.7 Å². The van der Waals surface area contributed by atoms with Gasteiger partial charge in [-0.2, -0.15) is 0 Å². The van der Waals surface area contributed by atoms with Gasteiger partial charge in [0, 0.05) is 45.0 Å². The van der Waals surface area contributed by atoms with E-state index in [9.17, 15) is 4.79 Å². The lowest BCUT2D eigenvalue weighted by atomic mass is 10.1. The molecular weight excluding hydrogens is 318 g/mol. The summed E-state index contributed by atoms with van der Waals surface area (Å²) in [5.74, 6) is 1.79. The van der Waals surface area contributed by atoms with Crippen molar-refractivity contribution in [2.45, 2.75) is 12.5 Å². The molecule has 7 heteroatoms. The predicted octanol–water partition coefficient (Wildman–Crippen LogP) is 1.31. The maximum Gasteiger partial charge on any atom is 0.317 e. The molecule has 3 heterocycles. The highest BCUT2D eigenvalue weighted by Crippen LogP contribution is 2.27. The lowest BCUT2D eigenvalue weighted by molar-refractivity contribution is 0.182. The fraction of sp³-hybridized carbons (Fsp3) is 0.389. The average molecular weight is 339 g/mol. The number of nitrogens with one attached hydrogen (secondary N) is 1. The van der Waals surface area contributed by atoms with E-state index in [-0.39, 0.29) is 12.1 Å². The summed E-state index contributed by atoms with van der Waals surface area (Å²) >= 11 is 0. The minimum absolute atomic E-state index is 0.0160. The number of hydrogen-bond donors (Lipinski definition) is 1. The Morgan fingerprint density at radius 1 is 1.20 bits per heavy atom. The summed E-state index contributed by atoms with van der Waals surface area (Å²) in [4.78, 5) is 24.8. The third kappa shape index (κ3) is 3.50. The zero-order valence-electron chi connectivity index (χ0n) is 14.0. The van der Waals surface area contributed by atoms with E-state index in [1.165, 1.54) is 5.56 Å². The monoisotopic (exact) mass is 339 g/mol. The Kier molecular flexibility index (Phi) is 4.37. The van der Waals surface area contributed by atoms with Crippen molar-refractivity contribution in [2.24, 2.45) is 0 Å². The fourth-order valence-corrected chi connectivity index (χ4v) is 3.27. The molecule has 1 atom stereocenters. The zero-order chi connectivity index (χ0) is 17.1. The summed E-state index contributed by atoms with van der Waals surface area (Å²) in [6, 6.07) is 8.00. The summed E-state index contributed by atoms with van der Waals surface area (Å²) in [6.07, 6.45) is 5.97. The SMILES string of the molecule is O=C(NCC1Cc2ccccc2O1)N1CCN(c2cnccn2)CC1. The topological polar surface area (TPSA) is 70.6 Å². The molecule has 1 N–H and O–H groups in total. The van der Waals surface area contributed by atoms with Crippen LogP contribution >= 0.6 is 0 Å². The Balaban J connectivity index is 1.24. The first-order valence-corrected chi connectivity index (χ1v) is 8.58. The molecule has 0 bridgehead atoms. The van der Waals surface area contributed by atoms with Crippen molar-refractivity contribution in [3.05, 3.63) is 48.4 Å². The van der Waals surface area contributed by atoms with Gasteiger partial charge in [-0.1, -0.05) is 18.2 Å². The van der Waals surface area contributed by atoms with Crippen LogP contribution in [0.15, 0.2) is 42.9 Å². The number of anilines is 1. The third-order valence-corrected chi connectivity index (χ3v) is 4.64. The molecule has 7 nitrogen and oxygen atoms in total. The molecule has 0 radical (unpaired) electrons. The Morgan fingerprint density at radius 3 is 2.80 bits per heavy atom. The molecule has 1 unspecified atom stereocenters. The molecule has 1 saturated heterocycles. The second-order valence-corrected chi connectivity index (χ2v) is 6.28. The van der Waals surface area contributed by atoms with Crippen molar-refractivity contribution in [3.8, 4) is 5.75 Å². The number of rotatable bonds is 3. The molecule has 2 aliphatic heterocycles. The standard InChI is InChI=1S/C18H21N5O2/c24-18(21-12-15-11-14-3-1-2-4-16(14)25-15)23-9-7-22(8-10-23)17-13-19-5-6-20-17/h1-6,13,15H,7-12H2,(H,21,24). The molecule has 130 valence electrons. The normalized spacial score (nSPS) is 19.3. The lowest BCUT2D eigenvalue weighted by Crippen LogP contribution is -2.53. The molecule has 2 aromatic rings. The highest BCUT2D eigenvalue weighted by atomic mass is 16.5. The summed E-state index contributed by atoms with van der Waals surface area (Å²) in [5, 5.41) is 3.00. The molecule has 4 rings (SSSR count). The maximum absolute atomic E-state index is 12.4. The van der Waals surface area contributed by atoms with Gasteiger partial charge in [-0.25, -0.2) is 9.78 Å². The van der Waals surface area contributed by atoms with Crippen molar-refractivity contribution >= 4 is 11.8 Å². The molecule has 1 fully saturated rings.